The van der Waals surface area contributed by atoms with Crippen LogP contribution in [-0.4, -0.2) is 23.5 Å². The first-order valence-electron chi connectivity index (χ1n) is 6.09. The maximum Gasteiger partial charge on any atom is 0.416 e. The number of alkyl halides is 3. The summed E-state index contributed by atoms with van der Waals surface area (Å²) in [5.74, 6) is -2.16. The van der Waals surface area contributed by atoms with E-state index in [1.807, 2.05) is 0 Å². The van der Waals surface area contributed by atoms with Crippen LogP contribution in [0, 0.1) is 5.92 Å². The SMILES string of the molecule is CC(CN)CC(=O)Nc1cc(C(=O)O)cc(C(F)(F)F)c1. The average Bonchev–Trinajstić information content (AvgIpc) is 2.36. The summed E-state index contributed by atoms with van der Waals surface area (Å²) in [4.78, 5) is 22.5. The molecule has 0 aliphatic rings. The van der Waals surface area contributed by atoms with Crippen molar-refractivity contribution in [1.82, 2.24) is 0 Å². The van der Waals surface area contributed by atoms with Crippen molar-refractivity contribution in [1.29, 1.82) is 0 Å². The standard InChI is InChI=1S/C13H15F3N2O3/c1-7(6-17)2-11(19)18-10-4-8(12(20)21)3-9(5-10)13(14,15)16/h3-5,7H,2,6,17H2,1H3,(H,18,19)(H,20,21). The number of carboxylic acid groups (broad SMARTS) is 1. The Bertz CT molecular complexity index is 544. The third-order valence-electron chi connectivity index (χ3n) is 2.73. The first-order chi connectivity index (χ1) is 9.63. The monoisotopic (exact) mass is 304 g/mol. The van der Waals surface area contributed by atoms with E-state index in [9.17, 15) is 22.8 Å². The van der Waals surface area contributed by atoms with Crippen molar-refractivity contribution in [2.75, 3.05) is 11.9 Å². The first kappa shape index (κ1) is 17.0. The van der Waals surface area contributed by atoms with Crippen LogP contribution in [0.2, 0.25) is 0 Å². The number of carboxylic acids is 1. The summed E-state index contributed by atoms with van der Waals surface area (Å²) >= 11 is 0. The van der Waals surface area contributed by atoms with Crippen LogP contribution in [0.3, 0.4) is 0 Å². The van der Waals surface area contributed by atoms with E-state index < -0.39 is 29.2 Å². The van der Waals surface area contributed by atoms with Crippen LogP contribution in [-0.2, 0) is 11.0 Å². The quantitative estimate of drug-likeness (QED) is 0.778. The third kappa shape index (κ3) is 5.07. The number of aromatic carboxylic acids is 1. The van der Waals surface area contributed by atoms with Gasteiger partial charge in [-0.3, -0.25) is 4.79 Å². The van der Waals surface area contributed by atoms with Gasteiger partial charge in [-0.25, -0.2) is 4.79 Å². The fourth-order valence-corrected chi connectivity index (χ4v) is 1.60. The lowest BCUT2D eigenvalue weighted by Crippen LogP contribution is -2.20. The Morgan fingerprint density at radius 2 is 1.95 bits per heavy atom. The van der Waals surface area contributed by atoms with Crippen molar-refractivity contribution in [2.24, 2.45) is 11.7 Å². The topological polar surface area (TPSA) is 92.4 Å². The van der Waals surface area contributed by atoms with Crippen molar-refractivity contribution in [3.05, 3.63) is 29.3 Å². The van der Waals surface area contributed by atoms with E-state index in [0.717, 1.165) is 6.07 Å². The second kappa shape index (κ2) is 6.57. The number of benzene rings is 1. The number of amides is 1. The van der Waals surface area contributed by atoms with Gasteiger partial charge in [0.15, 0.2) is 0 Å². The number of carbonyl (C=O) groups is 2. The molecule has 4 N–H and O–H groups in total. The Hall–Kier alpha value is -2.09. The molecule has 0 bridgehead atoms. The minimum atomic E-state index is -4.70. The van der Waals surface area contributed by atoms with Crippen LogP contribution in [0.4, 0.5) is 18.9 Å². The van der Waals surface area contributed by atoms with Gasteiger partial charge >= 0.3 is 12.1 Å². The first-order valence-corrected chi connectivity index (χ1v) is 6.09. The van der Waals surface area contributed by atoms with E-state index in [1.165, 1.54) is 0 Å². The van der Waals surface area contributed by atoms with Crippen LogP contribution in [0.5, 0.6) is 0 Å². The minimum Gasteiger partial charge on any atom is -0.478 e. The van der Waals surface area contributed by atoms with Crippen LogP contribution >= 0.6 is 0 Å². The van der Waals surface area contributed by atoms with Gasteiger partial charge in [-0.1, -0.05) is 6.92 Å². The summed E-state index contributed by atoms with van der Waals surface area (Å²) in [6.45, 7) is 1.98. The number of anilines is 1. The predicted molar refractivity (Wildman–Crippen MR) is 69.9 cm³/mol. The molecular weight excluding hydrogens is 289 g/mol. The Morgan fingerprint density at radius 1 is 1.33 bits per heavy atom. The number of rotatable bonds is 5. The molecule has 5 nitrogen and oxygen atoms in total. The molecule has 0 aromatic heterocycles. The lowest BCUT2D eigenvalue weighted by Gasteiger charge is -2.13. The van der Waals surface area contributed by atoms with Crippen LogP contribution in [0.1, 0.15) is 29.3 Å². The average molecular weight is 304 g/mol. The smallest absolute Gasteiger partial charge is 0.416 e. The number of carbonyl (C=O) groups excluding carboxylic acids is 1. The molecule has 1 atom stereocenters. The normalized spacial score (nSPS) is 12.8. The summed E-state index contributed by atoms with van der Waals surface area (Å²) in [5, 5.41) is 11.1. The van der Waals surface area contributed by atoms with Gasteiger partial charge in [0.2, 0.25) is 5.91 Å². The summed E-state index contributed by atoms with van der Waals surface area (Å²) in [6.07, 6.45) is -4.66. The molecule has 1 unspecified atom stereocenters. The molecule has 0 aliphatic heterocycles. The lowest BCUT2D eigenvalue weighted by atomic mass is 10.1. The van der Waals surface area contributed by atoms with Crippen LogP contribution in [0.25, 0.3) is 0 Å². The molecule has 0 saturated carbocycles. The largest absolute Gasteiger partial charge is 0.478 e. The molecule has 1 amide bonds. The fourth-order valence-electron chi connectivity index (χ4n) is 1.60. The zero-order chi connectivity index (χ0) is 16.2. The predicted octanol–water partition coefficient (Wildman–Crippen LogP) is 2.33. The molecule has 0 heterocycles. The number of nitrogens with one attached hydrogen (secondary N) is 1. The Balaban J connectivity index is 3.04. The van der Waals surface area contributed by atoms with E-state index in [2.05, 4.69) is 5.32 Å². The van der Waals surface area contributed by atoms with Crippen LogP contribution < -0.4 is 11.1 Å². The van der Waals surface area contributed by atoms with Gasteiger partial charge in [-0.2, -0.15) is 13.2 Å². The number of halogens is 3. The Kier molecular flexibility index (Phi) is 5.31. The Morgan fingerprint density at radius 3 is 2.43 bits per heavy atom. The number of hydrogen-bond acceptors (Lipinski definition) is 3. The van der Waals surface area contributed by atoms with Gasteiger partial charge < -0.3 is 16.2 Å². The van der Waals surface area contributed by atoms with Gasteiger partial charge in [0.25, 0.3) is 0 Å². The highest BCUT2D eigenvalue weighted by Crippen LogP contribution is 2.32. The molecule has 0 spiro atoms. The lowest BCUT2D eigenvalue weighted by molar-refractivity contribution is -0.137. The molecule has 8 heteroatoms. The summed E-state index contributed by atoms with van der Waals surface area (Å²) in [6, 6.07) is 2.18. The number of nitrogens with two attached hydrogens (primary N) is 1. The second-order valence-electron chi connectivity index (χ2n) is 4.70. The van der Waals surface area contributed by atoms with Crippen molar-refractivity contribution in [3.63, 3.8) is 0 Å². The van der Waals surface area contributed by atoms with Crippen molar-refractivity contribution >= 4 is 17.6 Å². The van der Waals surface area contributed by atoms with E-state index in [0.29, 0.717) is 12.1 Å². The molecule has 1 rings (SSSR count). The van der Waals surface area contributed by atoms with Gasteiger partial charge in [-0.05, 0) is 30.7 Å². The van der Waals surface area contributed by atoms with Crippen LogP contribution in [0.15, 0.2) is 18.2 Å². The number of hydrogen-bond donors (Lipinski definition) is 3. The van der Waals surface area contributed by atoms with Crippen molar-refractivity contribution in [3.8, 4) is 0 Å². The maximum absolute atomic E-state index is 12.7. The van der Waals surface area contributed by atoms with Gasteiger partial charge in [-0.15, -0.1) is 0 Å². The molecule has 21 heavy (non-hydrogen) atoms. The molecule has 116 valence electrons. The summed E-state index contributed by atoms with van der Waals surface area (Å²) in [7, 11) is 0. The second-order valence-corrected chi connectivity index (χ2v) is 4.70. The highest BCUT2D eigenvalue weighted by molar-refractivity contribution is 5.94. The molecule has 0 radical (unpaired) electrons. The molecule has 0 fully saturated rings. The maximum atomic E-state index is 12.7. The highest BCUT2D eigenvalue weighted by Gasteiger charge is 2.32. The van der Waals surface area contributed by atoms with E-state index in [1.54, 1.807) is 6.92 Å². The van der Waals surface area contributed by atoms with Gasteiger partial charge in [0.05, 0.1) is 11.1 Å². The van der Waals surface area contributed by atoms with Gasteiger partial charge in [0, 0.05) is 12.1 Å². The highest BCUT2D eigenvalue weighted by atomic mass is 19.4. The molecule has 0 aliphatic carbocycles. The van der Waals surface area contributed by atoms with E-state index >= 15 is 0 Å². The van der Waals surface area contributed by atoms with E-state index in [4.69, 9.17) is 10.8 Å². The van der Waals surface area contributed by atoms with Crippen molar-refractivity contribution in [2.45, 2.75) is 19.5 Å². The molecule has 0 saturated heterocycles. The molecular formula is C13H15F3N2O3. The molecule has 1 aromatic carbocycles. The Labute approximate surface area is 118 Å². The zero-order valence-corrected chi connectivity index (χ0v) is 11.2. The third-order valence-corrected chi connectivity index (χ3v) is 2.73. The minimum absolute atomic E-state index is 0.0369. The van der Waals surface area contributed by atoms with Gasteiger partial charge in [0.1, 0.15) is 0 Å². The van der Waals surface area contributed by atoms with Crippen molar-refractivity contribution < 1.29 is 27.9 Å². The zero-order valence-electron chi connectivity index (χ0n) is 11.2. The summed E-state index contributed by atoms with van der Waals surface area (Å²) in [5.41, 5.74) is 3.46. The van der Waals surface area contributed by atoms with E-state index in [-0.39, 0.29) is 24.6 Å². The fraction of sp³-hybridized carbons (Fsp3) is 0.385. The summed E-state index contributed by atoms with van der Waals surface area (Å²) < 4.78 is 38.1. The molecule has 1 aromatic rings.